The fourth-order valence-electron chi connectivity index (χ4n) is 2.32. The molecule has 2 N–H and O–H groups in total. The van der Waals surface area contributed by atoms with E-state index in [9.17, 15) is 4.39 Å². The van der Waals surface area contributed by atoms with Crippen LogP contribution in [0.5, 0.6) is 0 Å². The predicted octanol–water partition coefficient (Wildman–Crippen LogP) is 3.67. The van der Waals surface area contributed by atoms with Crippen molar-refractivity contribution < 1.29 is 9.13 Å². The normalized spacial score (nSPS) is 15.3. The van der Waals surface area contributed by atoms with Gasteiger partial charge in [0, 0.05) is 4.47 Å². The quantitative estimate of drug-likeness (QED) is 0.916. The Kier molecular flexibility index (Phi) is 3.39. The third-order valence-electron chi connectivity index (χ3n) is 3.40. The molecule has 0 aliphatic carbocycles. The van der Waals surface area contributed by atoms with Gasteiger partial charge in [-0.3, -0.25) is 0 Å². The molecule has 1 aliphatic rings. The van der Waals surface area contributed by atoms with Gasteiger partial charge in [0.1, 0.15) is 5.82 Å². The number of rotatable bonds is 2. The first-order valence-corrected chi connectivity index (χ1v) is 6.84. The maximum Gasteiger partial charge on any atom is 0.124 e. The Morgan fingerprint density at radius 2 is 1.89 bits per heavy atom. The molecule has 2 nitrogen and oxygen atoms in total. The molecule has 0 radical (unpaired) electrons. The highest BCUT2D eigenvalue weighted by Crippen LogP contribution is 2.30. The van der Waals surface area contributed by atoms with Crippen molar-refractivity contribution in [1.29, 1.82) is 0 Å². The number of benzene rings is 2. The highest BCUT2D eigenvalue weighted by molar-refractivity contribution is 9.10. The van der Waals surface area contributed by atoms with Crippen LogP contribution in [0, 0.1) is 5.82 Å². The Hall–Kier alpha value is -1.23. The highest BCUT2D eigenvalue weighted by Gasteiger charge is 2.17. The fourth-order valence-corrected chi connectivity index (χ4v) is 2.92. The first kappa shape index (κ1) is 12.8. The van der Waals surface area contributed by atoms with Crippen LogP contribution in [0.2, 0.25) is 0 Å². The zero-order chi connectivity index (χ0) is 13.4. The molecule has 2 aromatic carbocycles. The van der Waals surface area contributed by atoms with Crippen molar-refractivity contribution in [2.75, 3.05) is 0 Å². The fraction of sp³-hybridized carbons (Fsp3) is 0.200. The Labute approximate surface area is 119 Å². The minimum Gasteiger partial charge on any atom is -0.372 e. The number of hydrogen-bond donors (Lipinski definition) is 1. The molecule has 98 valence electrons. The molecule has 0 saturated carbocycles. The van der Waals surface area contributed by atoms with Crippen molar-refractivity contribution in [3.63, 3.8) is 0 Å². The second-order valence-electron chi connectivity index (χ2n) is 4.66. The van der Waals surface area contributed by atoms with Gasteiger partial charge in [-0.05, 0) is 34.4 Å². The Balaban J connectivity index is 1.97. The Morgan fingerprint density at radius 1 is 1.11 bits per heavy atom. The van der Waals surface area contributed by atoms with Crippen molar-refractivity contribution in [2.45, 2.75) is 19.3 Å². The van der Waals surface area contributed by atoms with E-state index in [2.05, 4.69) is 28.1 Å². The lowest BCUT2D eigenvalue weighted by Gasteiger charge is -2.15. The first-order valence-electron chi connectivity index (χ1n) is 6.05. The number of halogens is 2. The summed E-state index contributed by atoms with van der Waals surface area (Å²) >= 11 is 3.36. The van der Waals surface area contributed by atoms with Gasteiger partial charge >= 0.3 is 0 Å². The highest BCUT2D eigenvalue weighted by atomic mass is 79.9. The third kappa shape index (κ3) is 2.43. The molecule has 0 bridgehead atoms. The molecule has 0 spiro atoms. The maximum absolute atomic E-state index is 13.1. The van der Waals surface area contributed by atoms with Crippen LogP contribution in [0.25, 0.3) is 0 Å². The number of ether oxygens (including phenoxy) is 1. The van der Waals surface area contributed by atoms with Crippen LogP contribution in [0.15, 0.2) is 40.9 Å². The molecule has 0 amide bonds. The van der Waals surface area contributed by atoms with Gasteiger partial charge in [0.15, 0.2) is 0 Å². The van der Waals surface area contributed by atoms with E-state index in [1.165, 1.54) is 23.3 Å². The van der Waals surface area contributed by atoms with Gasteiger partial charge in [-0.15, -0.1) is 0 Å². The summed E-state index contributed by atoms with van der Waals surface area (Å²) in [6, 6.07) is 10.4. The van der Waals surface area contributed by atoms with Crippen LogP contribution in [0.1, 0.15) is 28.3 Å². The van der Waals surface area contributed by atoms with E-state index in [1.807, 2.05) is 6.07 Å². The van der Waals surface area contributed by atoms with Gasteiger partial charge in [-0.2, -0.15) is 0 Å². The van der Waals surface area contributed by atoms with Crippen LogP contribution in [0.4, 0.5) is 4.39 Å². The van der Waals surface area contributed by atoms with E-state index >= 15 is 0 Å². The molecule has 0 fully saturated rings. The zero-order valence-corrected chi connectivity index (χ0v) is 11.8. The summed E-state index contributed by atoms with van der Waals surface area (Å²) < 4.78 is 19.2. The van der Waals surface area contributed by atoms with Crippen molar-refractivity contribution >= 4 is 15.9 Å². The molecule has 1 atom stereocenters. The van der Waals surface area contributed by atoms with Crippen molar-refractivity contribution in [3.8, 4) is 0 Å². The SMILES string of the molecule is NC(c1ccc2c(c1)COC2)c1ccc(F)cc1Br. The smallest absolute Gasteiger partial charge is 0.124 e. The number of hydrogen-bond acceptors (Lipinski definition) is 2. The van der Waals surface area contributed by atoms with E-state index in [-0.39, 0.29) is 11.9 Å². The van der Waals surface area contributed by atoms with E-state index in [4.69, 9.17) is 10.5 Å². The average Bonchev–Trinajstić information content (AvgIpc) is 2.85. The lowest BCUT2D eigenvalue weighted by atomic mass is 9.96. The van der Waals surface area contributed by atoms with Gasteiger partial charge in [0.05, 0.1) is 19.3 Å². The molecule has 1 aliphatic heterocycles. The summed E-state index contributed by atoms with van der Waals surface area (Å²) in [6.45, 7) is 1.31. The lowest BCUT2D eigenvalue weighted by molar-refractivity contribution is 0.134. The second kappa shape index (κ2) is 5.04. The molecule has 0 saturated heterocycles. The largest absolute Gasteiger partial charge is 0.372 e. The van der Waals surface area contributed by atoms with E-state index < -0.39 is 0 Å². The minimum atomic E-state index is -0.277. The number of fused-ring (bicyclic) bond motifs is 1. The maximum atomic E-state index is 13.1. The van der Waals surface area contributed by atoms with E-state index in [0.29, 0.717) is 17.7 Å². The summed E-state index contributed by atoms with van der Waals surface area (Å²) in [5.41, 5.74) is 10.6. The van der Waals surface area contributed by atoms with Gasteiger partial charge in [0.2, 0.25) is 0 Å². The van der Waals surface area contributed by atoms with Crippen molar-refractivity contribution in [2.24, 2.45) is 5.73 Å². The summed E-state index contributed by atoms with van der Waals surface area (Å²) in [5.74, 6) is -0.273. The molecule has 1 unspecified atom stereocenters. The monoisotopic (exact) mass is 321 g/mol. The van der Waals surface area contributed by atoms with Crippen LogP contribution < -0.4 is 5.73 Å². The minimum absolute atomic E-state index is 0.273. The van der Waals surface area contributed by atoms with Crippen LogP contribution in [0.3, 0.4) is 0 Å². The Morgan fingerprint density at radius 3 is 2.68 bits per heavy atom. The van der Waals surface area contributed by atoms with Gasteiger partial charge < -0.3 is 10.5 Å². The zero-order valence-electron chi connectivity index (χ0n) is 10.2. The van der Waals surface area contributed by atoms with Crippen molar-refractivity contribution in [3.05, 3.63) is 68.9 Å². The Bertz CT molecular complexity index is 630. The van der Waals surface area contributed by atoms with Crippen LogP contribution in [-0.2, 0) is 18.0 Å². The van der Waals surface area contributed by atoms with Crippen molar-refractivity contribution in [1.82, 2.24) is 0 Å². The summed E-state index contributed by atoms with van der Waals surface area (Å²) in [5, 5.41) is 0. The standard InChI is InChI=1S/C15H13BrFNO/c16-14-6-12(17)3-4-13(14)15(18)9-1-2-10-7-19-8-11(10)5-9/h1-6,15H,7-8,18H2. The second-order valence-corrected chi connectivity index (χ2v) is 5.52. The lowest BCUT2D eigenvalue weighted by Crippen LogP contribution is -2.13. The van der Waals surface area contributed by atoms with Gasteiger partial charge in [-0.1, -0.05) is 40.2 Å². The topological polar surface area (TPSA) is 35.2 Å². The van der Waals surface area contributed by atoms with Gasteiger partial charge in [-0.25, -0.2) is 4.39 Å². The first-order chi connectivity index (χ1) is 9.15. The summed E-state index contributed by atoms with van der Waals surface area (Å²) in [7, 11) is 0. The summed E-state index contributed by atoms with van der Waals surface area (Å²) in [4.78, 5) is 0. The molecule has 3 rings (SSSR count). The number of nitrogens with two attached hydrogens (primary N) is 1. The van der Waals surface area contributed by atoms with Crippen LogP contribution in [-0.4, -0.2) is 0 Å². The predicted molar refractivity (Wildman–Crippen MR) is 75.1 cm³/mol. The average molecular weight is 322 g/mol. The third-order valence-corrected chi connectivity index (χ3v) is 4.09. The molecule has 1 heterocycles. The molecule has 0 aromatic heterocycles. The summed E-state index contributed by atoms with van der Waals surface area (Å²) in [6.07, 6.45) is 0. The van der Waals surface area contributed by atoms with E-state index in [1.54, 1.807) is 6.07 Å². The van der Waals surface area contributed by atoms with Crippen LogP contribution >= 0.6 is 15.9 Å². The molecule has 2 aromatic rings. The molecule has 4 heteroatoms. The molecular formula is C15H13BrFNO. The van der Waals surface area contributed by atoms with E-state index in [0.717, 1.165) is 11.1 Å². The molecule has 19 heavy (non-hydrogen) atoms. The molecular weight excluding hydrogens is 309 g/mol. The van der Waals surface area contributed by atoms with Gasteiger partial charge in [0.25, 0.3) is 0 Å².